The largest absolute Gasteiger partial charge is 0.478 e. The van der Waals surface area contributed by atoms with E-state index in [1.165, 1.54) is 11.6 Å². The Hall–Kier alpha value is -2.82. The van der Waals surface area contributed by atoms with Crippen molar-refractivity contribution in [3.63, 3.8) is 0 Å². The summed E-state index contributed by atoms with van der Waals surface area (Å²) in [6.07, 6.45) is 1.37. The fourth-order valence-electron chi connectivity index (χ4n) is 2.34. The third kappa shape index (κ3) is 2.58. The van der Waals surface area contributed by atoms with Gasteiger partial charge >= 0.3 is 5.97 Å². The Labute approximate surface area is 121 Å². The van der Waals surface area contributed by atoms with Crippen molar-refractivity contribution < 1.29 is 9.90 Å². The first-order valence-corrected chi connectivity index (χ1v) is 6.62. The second-order valence-electron chi connectivity index (χ2n) is 4.85. The number of hydrogen-bond donors (Lipinski definition) is 2. The number of carboxylic acids is 1. The highest BCUT2D eigenvalue weighted by Crippen LogP contribution is 2.19. The molecule has 2 N–H and O–H groups in total. The minimum atomic E-state index is -0.960. The number of aromatic carboxylic acids is 1. The van der Waals surface area contributed by atoms with Crippen molar-refractivity contribution in [2.75, 3.05) is 5.32 Å². The van der Waals surface area contributed by atoms with Gasteiger partial charge in [0.15, 0.2) is 0 Å². The molecule has 0 aliphatic heterocycles. The predicted octanol–water partition coefficient (Wildman–Crippen LogP) is 2.88. The number of anilines is 1. The van der Waals surface area contributed by atoms with Crippen LogP contribution in [0.4, 0.5) is 5.69 Å². The SMILES string of the molecule is Cn1ncc(C(=O)O)c1CNc1ccc2ccccc2c1. The van der Waals surface area contributed by atoms with E-state index in [-0.39, 0.29) is 5.56 Å². The van der Waals surface area contributed by atoms with Crippen molar-refractivity contribution in [1.82, 2.24) is 9.78 Å². The molecular weight excluding hydrogens is 266 g/mol. The molecule has 0 fully saturated rings. The van der Waals surface area contributed by atoms with Gasteiger partial charge in [-0.25, -0.2) is 4.79 Å². The zero-order chi connectivity index (χ0) is 14.8. The highest BCUT2D eigenvalue weighted by Gasteiger charge is 2.14. The second kappa shape index (κ2) is 5.28. The molecule has 5 heteroatoms. The monoisotopic (exact) mass is 281 g/mol. The maximum atomic E-state index is 11.1. The number of aryl methyl sites for hydroxylation is 1. The van der Waals surface area contributed by atoms with Crippen LogP contribution in [0.3, 0.4) is 0 Å². The van der Waals surface area contributed by atoms with Gasteiger partial charge in [-0.15, -0.1) is 0 Å². The van der Waals surface area contributed by atoms with Gasteiger partial charge in [-0.05, 0) is 22.9 Å². The molecule has 0 saturated carbocycles. The Bertz CT molecular complexity index is 808. The fraction of sp³-hybridized carbons (Fsp3) is 0.125. The molecular formula is C16H15N3O2. The molecule has 0 radical (unpaired) electrons. The minimum absolute atomic E-state index is 0.228. The Kier molecular flexibility index (Phi) is 3.31. The zero-order valence-corrected chi connectivity index (χ0v) is 11.6. The number of nitrogens with one attached hydrogen (secondary N) is 1. The van der Waals surface area contributed by atoms with Crippen molar-refractivity contribution in [3.8, 4) is 0 Å². The number of carboxylic acid groups (broad SMARTS) is 1. The first-order valence-electron chi connectivity index (χ1n) is 6.62. The van der Waals surface area contributed by atoms with E-state index in [1.54, 1.807) is 11.7 Å². The minimum Gasteiger partial charge on any atom is -0.478 e. The lowest BCUT2D eigenvalue weighted by Crippen LogP contribution is -2.10. The lowest BCUT2D eigenvalue weighted by molar-refractivity contribution is 0.0695. The van der Waals surface area contributed by atoms with Gasteiger partial charge in [-0.2, -0.15) is 5.10 Å². The number of fused-ring (bicyclic) bond motifs is 1. The quantitative estimate of drug-likeness (QED) is 0.771. The van der Waals surface area contributed by atoms with Crippen LogP contribution < -0.4 is 5.32 Å². The number of rotatable bonds is 4. The van der Waals surface area contributed by atoms with Gasteiger partial charge in [0.05, 0.1) is 18.4 Å². The first-order chi connectivity index (χ1) is 10.1. The average Bonchev–Trinajstić information content (AvgIpc) is 2.86. The van der Waals surface area contributed by atoms with Crippen molar-refractivity contribution in [3.05, 3.63) is 59.9 Å². The molecule has 0 unspecified atom stereocenters. The van der Waals surface area contributed by atoms with E-state index in [0.29, 0.717) is 12.2 Å². The van der Waals surface area contributed by atoms with E-state index >= 15 is 0 Å². The van der Waals surface area contributed by atoms with Crippen LogP contribution in [-0.2, 0) is 13.6 Å². The average molecular weight is 281 g/mol. The summed E-state index contributed by atoms with van der Waals surface area (Å²) < 4.78 is 1.58. The molecule has 1 heterocycles. The molecule has 0 amide bonds. The van der Waals surface area contributed by atoms with Crippen molar-refractivity contribution >= 4 is 22.4 Å². The summed E-state index contributed by atoms with van der Waals surface area (Å²) in [5.41, 5.74) is 1.83. The topological polar surface area (TPSA) is 67.2 Å². The van der Waals surface area contributed by atoms with E-state index in [4.69, 9.17) is 5.11 Å². The summed E-state index contributed by atoms with van der Waals surface area (Å²) in [4.78, 5) is 11.1. The smallest absolute Gasteiger partial charge is 0.339 e. The molecule has 0 aliphatic carbocycles. The summed E-state index contributed by atoms with van der Waals surface area (Å²) in [7, 11) is 1.74. The first kappa shape index (κ1) is 13.2. The maximum Gasteiger partial charge on any atom is 0.339 e. The van der Waals surface area contributed by atoms with Crippen LogP contribution in [-0.4, -0.2) is 20.9 Å². The molecule has 0 saturated heterocycles. The third-order valence-electron chi connectivity index (χ3n) is 3.50. The molecule has 1 aromatic heterocycles. The van der Waals surface area contributed by atoms with Gasteiger partial charge in [0.25, 0.3) is 0 Å². The second-order valence-corrected chi connectivity index (χ2v) is 4.85. The molecule has 0 bridgehead atoms. The number of hydrogen-bond acceptors (Lipinski definition) is 3. The molecule has 3 rings (SSSR count). The Morgan fingerprint density at radius 1 is 1.24 bits per heavy atom. The lowest BCUT2D eigenvalue weighted by Gasteiger charge is -2.09. The Morgan fingerprint density at radius 2 is 2.00 bits per heavy atom. The Balaban J connectivity index is 1.83. The van der Waals surface area contributed by atoms with Crippen LogP contribution in [0.2, 0.25) is 0 Å². The maximum absolute atomic E-state index is 11.1. The molecule has 21 heavy (non-hydrogen) atoms. The third-order valence-corrected chi connectivity index (χ3v) is 3.50. The molecule has 0 spiro atoms. The van der Waals surface area contributed by atoms with Crippen LogP contribution in [0.15, 0.2) is 48.7 Å². The van der Waals surface area contributed by atoms with Gasteiger partial charge in [-0.1, -0.05) is 30.3 Å². The molecule has 0 atom stereocenters. The summed E-state index contributed by atoms with van der Waals surface area (Å²) in [5.74, 6) is -0.960. The molecule has 3 aromatic rings. The van der Waals surface area contributed by atoms with Crippen LogP contribution in [0.25, 0.3) is 10.8 Å². The van der Waals surface area contributed by atoms with E-state index in [0.717, 1.165) is 11.1 Å². The van der Waals surface area contributed by atoms with Crippen LogP contribution in [0.5, 0.6) is 0 Å². The standard InChI is InChI=1S/C16H15N3O2/c1-19-15(14(9-18-19)16(20)21)10-17-13-7-6-11-4-2-3-5-12(11)8-13/h2-9,17H,10H2,1H3,(H,20,21). The van der Waals surface area contributed by atoms with Gasteiger partial charge < -0.3 is 10.4 Å². The summed E-state index contributed by atoms with van der Waals surface area (Å²) in [6.45, 7) is 0.413. The Morgan fingerprint density at radius 3 is 2.76 bits per heavy atom. The van der Waals surface area contributed by atoms with Crippen molar-refractivity contribution in [1.29, 1.82) is 0 Å². The highest BCUT2D eigenvalue weighted by atomic mass is 16.4. The number of carbonyl (C=O) groups is 1. The van der Waals surface area contributed by atoms with Gasteiger partial charge in [0, 0.05) is 12.7 Å². The number of nitrogens with zero attached hydrogens (tertiary/aromatic N) is 2. The van der Waals surface area contributed by atoms with Crippen molar-refractivity contribution in [2.45, 2.75) is 6.54 Å². The van der Waals surface area contributed by atoms with Gasteiger partial charge in [0.1, 0.15) is 5.56 Å². The van der Waals surface area contributed by atoms with Crippen LogP contribution in [0, 0.1) is 0 Å². The van der Waals surface area contributed by atoms with E-state index in [9.17, 15) is 4.79 Å². The zero-order valence-electron chi connectivity index (χ0n) is 11.6. The van der Waals surface area contributed by atoms with Crippen LogP contribution in [0.1, 0.15) is 16.1 Å². The van der Waals surface area contributed by atoms with E-state index < -0.39 is 5.97 Å². The molecule has 106 valence electrons. The van der Waals surface area contributed by atoms with Gasteiger partial charge in [-0.3, -0.25) is 4.68 Å². The lowest BCUT2D eigenvalue weighted by atomic mass is 10.1. The number of benzene rings is 2. The van der Waals surface area contributed by atoms with E-state index in [1.807, 2.05) is 36.4 Å². The van der Waals surface area contributed by atoms with E-state index in [2.05, 4.69) is 16.5 Å². The molecule has 5 nitrogen and oxygen atoms in total. The summed E-state index contributed by atoms with van der Waals surface area (Å²) in [6, 6.07) is 14.2. The highest BCUT2D eigenvalue weighted by molar-refractivity contribution is 5.89. The fourth-order valence-corrected chi connectivity index (χ4v) is 2.34. The summed E-state index contributed by atoms with van der Waals surface area (Å²) in [5, 5.41) is 18.7. The number of aromatic nitrogens is 2. The summed E-state index contributed by atoms with van der Waals surface area (Å²) >= 11 is 0. The van der Waals surface area contributed by atoms with Gasteiger partial charge in [0.2, 0.25) is 0 Å². The predicted molar refractivity (Wildman–Crippen MR) is 81.4 cm³/mol. The normalized spacial score (nSPS) is 10.7. The van der Waals surface area contributed by atoms with Crippen LogP contribution >= 0.6 is 0 Å². The van der Waals surface area contributed by atoms with Crippen molar-refractivity contribution in [2.24, 2.45) is 7.05 Å². The molecule has 0 aliphatic rings. The molecule has 2 aromatic carbocycles.